The molecule has 4 rings (SSSR count). The molecule has 2 saturated heterocycles. The first-order valence-electron chi connectivity index (χ1n) is 19.4. The van der Waals surface area contributed by atoms with E-state index in [1.807, 2.05) is 99.8 Å². The Kier molecular flexibility index (Phi) is 15.5. The molecule has 0 saturated carbocycles. The summed E-state index contributed by atoms with van der Waals surface area (Å²) in [5.41, 5.74) is 0.894. The van der Waals surface area contributed by atoms with Crippen molar-refractivity contribution in [2.45, 2.75) is 115 Å². The van der Waals surface area contributed by atoms with Crippen LogP contribution in [0.2, 0.25) is 18.6 Å². The predicted octanol–water partition coefficient (Wildman–Crippen LogP) is 3.13. The second-order valence-electron chi connectivity index (χ2n) is 16.4. The number of rotatable bonds is 20. The van der Waals surface area contributed by atoms with Crippen LogP contribution in [0.5, 0.6) is 0 Å². The average molecular weight is 764 g/mol. The molecule has 5 N–H and O–H groups in total. The van der Waals surface area contributed by atoms with E-state index < -0.39 is 55.8 Å². The fourth-order valence-corrected chi connectivity index (χ4v) is 8.61. The van der Waals surface area contributed by atoms with E-state index >= 15 is 0 Å². The van der Waals surface area contributed by atoms with Gasteiger partial charge in [-0.05, 0) is 87.3 Å². The lowest BCUT2D eigenvalue weighted by molar-refractivity contribution is -0.135. The van der Waals surface area contributed by atoms with Crippen LogP contribution in [-0.4, -0.2) is 103 Å². The Labute approximate surface area is 321 Å². The highest BCUT2D eigenvalue weighted by molar-refractivity contribution is 6.71. The Morgan fingerprint density at radius 2 is 1.22 bits per heavy atom. The Morgan fingerprint density at radius 3 is 1.78 bits per heavy atom. The van der Waals surface area contributed by atoms with Gasteiger partial charge in [-0.2, -0.15) is 0 Å². The van der Waals surface area contributed by atoms with Crippen molar-refractivity contribution >= 4 is 37.7 Å². The van der Waals surface area contributed by atoms with Gasteiger partial charge in [0.25, 0.3) is 0 Å². The molecule has 0 aliphatic carbocycles. The molecule has 2 heterocycles. The number of carbonyl (C=O) groups excluding carboxylic acids is 5. The molecular formula is C41H61N5O7Si. The fourth-order valence-electron chi connectivity index (χ4n) is 6.76. The number of hydrogen-bond donors (Lipinski definition) is 5. The number of carbonyl (C=O) groups is 5. The number of aryl methyl sites for hydroxylation is 1. The monoisotopic (exact) mass is 763 g/mol. The second kappa shape index (κ2) is 19.6. The zero-order chi connectivity index (χ0) is 39.5. The van der Waals surface area contributed by atoms with Crippen molar-refractivity contribution in [3.63, 3.8) is 0 Å². The molecule has 296 valence electrons. The maximum atomic E-state index is 14.1. The van der Waals surface area contributed by atoms with Crippen molar-refractivity contribution < 1.29 is 33.5 Å². The van der Waals surface area contributed by atoms with E-state index in [-0.39, 0.29) is 36.5 Å². The van der Waals surface area contributed by atoms with Crippen molar-refractivity contribution in [2.24, 2.45) is 11.8 Å². The van der Waals surface area contributed by atoms with Gasteiger partial charge in [0.1, 0.15) is 23.7 Å². The standard InChI is InChI=1S/C41H61N5O7Si/c1-28(2)23-33(37(48)41(5)27-53-41)43-40(51)35(25-31-15-11-8-12-16-31)45-39(50)34(24-29(3)4)44-38(49)32(18-17-30-13-9-7-10-14-30)42-36(47)26-46-19-21-54(6,52)22-20-46/h7-16,28-29,32-35,52H,17-27H2,1-6H3,(H,42,47)(H,43,51)(H,44,49)(H,45,50)/t32-,33?,34-,35-,41+/m0/s1. The summed E-state index contributed by atoms with van der Waals surface area (Å²) < 4.78 is 5.41. The maximum Gasteiger partial charge on any atom is 0.243 e. The first-order chi connectivity index (χ1) is 25.5. The van der Waals surface area contributed by atoms with Gasteiger partial charge in [0.2, 0.25) is 23.6 Å². The molecule has 1 unspecified atom stereocenters. The zero-order valence-corrected chi connectivity index (χ0v) is 33.9. The molecule has 12 nitrogen and oxygen atoms in total. The Balaban J connectivity index is 1.51. The topological polar surface area (TPSA) is 169 Å². The lowest BCUT2D eigenvalue weighted by atomic mass is 9.93. The van der Waals surface area contributed by atoms with E-state index in [0.717, 1.165) is 11.1 Å². The van der Waals surface area contributed by atoms with Crippen LogP contribution in [0.25, 0.3) is 0 Å². The SMILES string of the molecule is CC(C)CC(NC(=O)[C@H](Cc1ccccc1)NC(=O)[C@H](CC(C)C)NC(=O)[C@H](CCc1ccccc1)NC(=O)CN1CC[Si](C)(O)CC1)C(=O)[C@@]1(C)CO1. The molecule has 54 heavy (non-hydrogen) atoms. The van der Waals surface area contributed by atoms with Crippen molar-refractivity contribution in [3.8, 4) is 0 Å². The number of benzene rings is 2. The number of ketones is 1. The summed E-state index contributed by atoms with van der Waals surface area (Å²) in [6.45, 7) is 13.1. The normalized spacial score (nSPS) is 20.3. The van der Waals surface area contributed by atoms with Gasteiger partial charge in [-0.1, -0.05) is 88.4 Å². The minimum atomic E-state index is -2.21. The highest BCUT2D eigenvalue weighted by atomic mass is 28.4. The van der Waals surface area contributed by atoms with Gasteiger partial charge in [0.15, 0.2) is 14.1 Å². The number of nitrogens with one attached hydrogen (secondary N) is 4. The summed E-state index contributed by atoms with van der Waals surface area (Å²) >= 11 is 0. The summed E-state index contributed by atoms with van der Waals surface area (Å²) in [5.74, 6) is -1.90. The Bertz CT molecular complexity index is 1560. The third-order valence-corrected chi connectivity index (χ3v) is 12.8. The average Bonchev–Trinajstić information content (AvgIpc) is 3.88. The molecule has 2 aromatic carbocycles. The van der Waals surface area contributed by atoms with Crippen LogP contribution < -0.4 is 21.3 Å². The lowest BCUT2D eigenvalue weighted by Gasteiger charge is -2.34. The van der Waals surface area contributed by atoms with E-state index in [1.54, 1.807) is 6.92 Å². The molecule has 13 heteroatoms. The van der Waals surface area contributed by atoms with E-state index in [0.29, 0.717) is 57.5 Å². The number of amides is 4. The van der Waals surface area contributed by atoms with Gasteiger partial charge in [-0.15, -0.1) is 0 Å². The molecule has 4 amide bonds. The van der Waals surface area contributed by atoms with Crippen LogP contribution >= 0.6 is 0 Å². The Morgan fingerprint density at radius 1 is 0.741 bits per heavy atom. The maximum absolute atomic E-state index is 14.1. The largest absolute Gasteiger partial charge is 0.432 e. The highest BCUT2D eigenvalue weighted by Gasteiger charge is 2.50. The molecule has 2 fully saturated rings. The van der Waals surface area contributed by atoms with Gasteiger partial charge in [0.05, 0.1) is 19.2 Å². The lowest BCUT2D eigenvalue weighted by Crippen LogP contribution is -2.59. The Hall–Kier alpha value is -3.91. The molecule has 0 aromatic heterocycles. The van der Waals surface area contributed by atoms with Crippen molar-refractivity contribution in [2.75, 3.05) is 26.2 Å². The molecule has 0 spiro atoms. The summed E-state index contributed by atoms with van der Waals surface area (Å²) in [6, 6.07) is 16.6. The third kappa shape index (κ3) is 13.7. The van der Waals surface area contributed by atoms with Crippen LogP contribution in [0.3, 0.4) is 0 Å². The molecule has 2 aliphatic rings. The zero-order valence-electron chi connectivity index (χ0n) is 32.9. The first kappa shape index (κ1) is 42.8. The fraction of sp³-hybridized carbons (Fsp3) is 0.585. The van der Waals surface area contributed by atoms with Crippen LogP contribution in [0.1, 0.15) is 65.0 Å². The molecule has 2 aromatic rings. The van der Waals surface area contributed by atoms with Crippen molar-refractivity contribution in [3.05, 3.63) is 71.8 Å². The van der Waals surface area contributed by atoms with E-state index in [1.165, 1.54) is 0 Å². The number of Topliss-reactive ketones (excluding diaryl/α,β-unsaturated/α-hetero) is 1. The highest BCUT2D eigenvalue weighted by Crippen LogP contribution is 2.30. The number of hydrogen-bond acceptors (Lipinski definition) is 8. The summed E-state index contributed by atoms with van der Waals surface area (Å²) in [4.78, 5) is 81.3. The van der Waals surface area contributed by atoms with E-state index in [9.17, 15) is 28.8 Å². The summed E-state index contributed by atoms with van der Waals surface area (Å²) in [6.07, 6.45) is 1.71. The summed E-state index contributed by atoms with van der Waals surface area (Å²) in [7, 11) is -2.21. The van der Waals surface area contributed by atoms with Gasteiger partial charge in [-0.25, -0.2) is 0 Å². The number of ether oxygens (including phenoxy) is 1. The van der Waals surface area contributed by atoms with E-state index in [4.69, 9.17) is 4.74 Å². The van der Waals surface area contributed by atoms with Crippen LogP contribution in [-0.2, 0) is 41.6 Å². The smallest absolute Gasteiger partial charge is 0.243 e. The molecule has 0 radical (unpaired) electrons. The number of nitrogens with zero attached hydrogens (tertiary/aromatic N) is 1. The number of epoxide rings is 1. The van der Waals surface area contributed by atoms with Crippen LogP contribution in [0.15, 0.2) is 60.7 Å². The predicted molar refractivity (Wildman–Crippen MR) is 211 cm³/mol. The van der Waals surface area contributed by atoms with Gasteiger partial charge in [0, 0.05) is 6.42 Å². The van der Waals surface area contributed by atoms with Gasteiger partial charge >= 0.3 is 0 Å². The molecular weight excluding hydrogens is 703 g/mol. The van der Waals surface area contributed by atoms with Crippen LogP contribution in [0, 0.1) is 11.8 Å². The molecule has 0 bridgehead atoms. The van der Waals surface area contributed by atoms with Crippen molar-refractivity contribution in [1.29, 1.82) is 0 Å². The van der Waals surface area contributed by atoms with Gasteiger partial charge < -0.3 is 30.8 Å². The van der Waals surface area contributed by atoms with Crippen molar-refractivity contribution in [1.82, 2.24) is 26.2 Å². The molecule has 2 aliphatic heterocycles. The second-order valence-corrected chi connectivity index (χ2v) is 20.4. The van der Waals surface area contributed by atoms with Crippen LogP contribution in [0.4, 0.5) is 0 Å². The quantitative estimate of drug-likeness (QED) is 0.101. The molecule has 5 atom stereocenters. The minimum absolute atomic E-state index is 0.00648. The third-order valence-electron chi connectivity index (χ3n) is 10.2. The van der Waals surface area contributed by atoms with Gasteiger partial charge in [-0.3, -0.25) is 28.9 Å². The first-order valence-corrected chi connectivity index (χ1v) is 22.3. The van der Waals surface area contributed by atoms with E-state index in [2.05, 4.69) is 21.3 Å². The minimum Gasteiger partial charge on any atom is -0.432 e. The summed E-state index contributed by atoms with van der Waals surface area (Å²) in [5, 5.41) is 11.7.